The zero-order valence-electron chi connectivity index (χ0n) is 9.63. The summed E-state index contributed by atoms with van der Waals surface area (Å²) in [5.41, 5.74) is 1.17. The highest BCUT2D eigenvalue weighted by Gasteiger charge is 2.15. The highest BCUT2D eigenvalue weighted by molar-refractivity contribution is 9.10. The third-order valence-corrected chi connectivity index (χ3v) is 4.53. The number of hydrogen-bond acceptors (Lipinski definition) is 5. The van der Waals surface area contributed by atoms with Crippen molar-refractivity contribution in [2.75, 3.05) is 4.72 Å². The molecule has 0 atom stereocenters. The third kappa shape index (κ3) is 3.40. The highest BCUT2D eigenvalue weighted by atomic mass is 79.9. The Balaban J connectivity index is 2.30. The standard InChI is InChI=1S/C10H8BrClN4O2S/c1-6-2-7(3-13-9(6)11)16-19(17,18)8-4-14-10(12)15-5-8/h2-5,16H,1H3. The summed E-state index contributed by atoms with van der Waals surface area (Å²) in [5.74, 6) is 0. The Morgan fingerprint density at radius 2 is 1.84 bits per heavy atom. The molecule has 0 saturated heterocycles. The SMILES string of the molecule is Cc1cc(NS(=O)(=O)c2cnc(Cl)nc2)cnc1Br. The Morgan fingerprint density at radius 1 is 1.21 bits per heavy atom. The number of hydrogen-bond donors (Lipinski definition) is 1. The van der Waals surface area contributed by atoms with Crippen molar-refractivity contribution in [1.82, 2.24) is 15.0 Å². The second-order valence-corrected chi connectivity index (χ2v) is 6.40. The molecule has 0 radical (unpaired) electrons. The molecule has 0 aromatic carbocycles. The van der Waals surface area contributed by atoms with Crippen LogP contribution in [0.1, 0.15) is 5.56 Å². The lowest BCUT2D eigenvalue weighted by atomic mass is 10.3. The van der Waals surface area contributed by atoms with E-state index in [4.69, 9.17) is 11.6 Å². The average molecular weight is 364 g/mol. The van der Waals surface area contributed by atoms with Crippen molar-refractivity contribution >= 4 is 43.2 Å². The molecule has 0 saturated carbocycles. The first-order valence-corrected chi connectivity index (χ1v) is 7.66. The summed E-state index contributed by atoms with van der Waals surface area (Å²) in [7, 11) is -3.75. The van der Waals surface area contributed by atoms with Crippen molar-refractivity contribution in [2.45, 2.75) is 11.8 Å². The first-order chi connectivity index (χ1) is 8.88. The van der Waals surface area contributed by atoms with E-state index in [9.17, 15) is 8.42 Å². The summed E-state index contributed by atoms with van der Waals surface area (Å²) in [5, 5.41) is -0.0138. The summed E-state index contributed by atoms with van der Waals surface area (Å²) >= 11 is 8.75. The Labute approximate surface area is 123 Å². The molecule has 100 valence electrons. The van der Waals surface area contributed by atoms with Crippen LogP contribution in [0.2, 0.25) is 5.28 Å². The third-order valence-electron chi connectivity index (χ3n) is 2.17. The first-order valence-electron chi connectivity index (χ1n) is 5.01. The smallest absolute Gasteiger partial charge is 0.265 e. The molecule has 6 nitrogen and oxygen atoms in total. The Kier molecular flexibility index (Phi) is 4.02. The fourth-order valence-corrected chi connectivity index (χ4v) is 2.50. The van der Waals surface area contributed by atoms with Crippen LogP contribution >= 0.6 is 27.5 Å². The molecule has 19 heavy (non-hydrogen) atoms. The molecule has 2 aromatic rings. The van der Waals surface area contributed by atoms with E-state index in [1.165, 1.54) is 6.20 Å². The predicted octanol–water partition coefficient (Wildman–Crippen LogP) is 2.40. The van der Waals surface area contributed by atoms with Gasteiger partial charge in [0.1, 0.15) is 9.50 Å². The quantitative estimate of drug-likeness (QED) is 0.668. The minimum Gasteiger partial charge on any atom is -0.278 e. The van der Waals surface area contributed by atoms with Crippen molar-refractivity contribution in [1.29, 1.82) is 0 Å². The van der Waals surface area contributed by atoms with E-state index in [1.807, 2.05) is 0 Å². The molecule has 0 bridgehead atoms. The summed E-state index contributed by atoms with van der Waals surface area (Å²) in [6, 6.07) is 1.66. The molecular formula is C10H8BrClN4O2S. The lowest BCUT2D eigenvalue weighted by Gasteiger charge is -2.08. The molecule has 0 spiro atoms. The zero-order chi connectivity index (χ0) is 14.0. The maximum absolute atomic E-state index is 12.0. The van der Waals surface area contributed by atoms with Crippen LogP contribution in [0.5, 0.6) is 0 Å². The molecule has 0 aliphatic rings. The van der Waals surface area contributed by atoms with Gasteiger partial charge in [0.15, 0.2) is 0 Å². The van der Waals surface area contributed by atoms with Crippen molar-refractivity contribution in [2.24, 2.45) is 0 Å². The average Bonchev–Trinajstić information content (AvgIpc) is 2.34. The van der Waals surface area contributed by atoms with Crippen LogP contribution in [-0.4, -0.2) is 23.4 Å². The van der Waals surface area contributed by atoms with Crippen molar-refractivity contribution in [3.05, 3.63) is 40.1 Å². The van der Waals surface area contributed by atoms with Crippen LogP contribution in [0.3, 0.4) is 0 Å². The Morgan fingerprint density at radius 3 is 2.42 bits per heavy atom. The number of nitrogens with one attached hydrogen (secondary N) is 1. The van der Waals surface area contributed by atoms with Crippen LogP contribution in [0, 0.1) is 6.92 Å². The van der Waals surface area contributed by atoms with Gasteiger partial charge in [-0.2, -0.15) is 0 Å². The lowest BCUT2D eigenvalue weighted by Crippen LogP contribution is -2.14. The van der Waals surface area contributed by atoms with Gasteiger partial charge in [0, 0.05) is 0 Å². The summed E-state index contributed by atoms with van der Waals surface area (Å²) in [4.78, 5) is 11.2. The van der Waals surface area contributed by atoms with Gasteiger partial charge in [-0.25, -0.2) is 23.4 Å². The number of anilines is 1. The minimum absolute atomic E-state index is 0.0138. The number of pyridine rings is 1. The number of aromatic nitrogens is 3. The molecule has 0 amide bonds. The number of nitrogens with zero attached hydrogens (tertiary/aromatic N) is 3. The van der Waals surface area contributed by atoms with E-state index in [-0.39, 0.29) is 10.2 Å². The second kappa shape index (κ2) is 5.40. The Bertz CT molecular complexity index is 706. The molecule has 0 unspecified atom stereocenters. The van der Waals surface area contributed by atoms with Crippen LogP contribution in [0.4, 0.5) is 5.69 Å². The Hall–Kier alpha value is -1.25. The predicted molar refractivity (Wildman–Crippen MR) is 74.5 cm³/mol. The van der Waals surface area contributed by atoms with Gasteiger partial charge in [-0.15, -0.1) is 0 Å². The number of rotatable bonds is 3. The maximum atomic E-state index is 12.0. The van der Waals surface area contributed by atoms with E-state index in [1.54, 1.807) is 13.0 Å². The number of aryl methyl sites for hydroxylation is 1. The summed E-state index contributed by atoms with van der Waals surface area (Å²) < 4.78 is 27.1. The monoisotopic (exact) mass is 362 g/mol. The first kappa shape index (κ1) is 14.2. The van der Waals surface area contributed by atoms with Gasteiger partial charge in [-0.05, 0) is 46.1 Å². The molecule has 2 heterocycles. The maximum Gasteiger partial charge on any atom is 0.265 e. The topological polar surface area (TPSA) is 84.8 Å². The molecule has 2 rings (SSSR count). The summed E-state index contributed by atoms with van der Waals surface area (Å²) in [6.45, 7) is 1.81. The van der Waals surface area contributed by atoms with Gasteiger partial charge in [-0.1, -0.05) is 0 Å². The van der Waals surface area contributed by atoms with Gasteiger partial charge in [0.25, 0.3) is 10.0 Å². The summed E-state index contributed by atoms with van der Waals surface area (Å²) in [6.07, 6.45) is 3.68. The van der Waals surface area contributed by atoms with Crippen LogP contribution in [0.15, 0.2) is 34.2 Å². The van der Waals surface area contributed by atoms with E-state index in [0.717, 1.165) is 18.0 Å². The van der Waals surface area contributed by atoms with E-state index in [2.05, 4.69) is 35.6 Å². The minimum atomic E-state index is -3.75. The molecule has 9 heteroatoms. The van der Waals surface area contributed by atoms with Gasteiger partial charge in [-0.3, -0.25) is 4.72 Å². The van der Waals surface area contributed by atoms with Gasteiger partial charge >= 0.3 is 0 Å². The van der Waals surface area contributed by atoms with Crippen molar-refractivity contribution in [3.63, 3.8) is 0 Å². The fourth-order valence-electron chi connectivity index (χ4n) is 1.27. The van der Waals surface area contributed by atoms with Crippen LogP contribution in [-0.2, 0) is 10.0 Å². The van der Waals surface area contributed by atoms with E-state index < -0.39 is 10.0 Å². The molecule has 0 aliphatic carbocycles. The molecule has 0 aliphatic heterocycles. The normalized spacial score (nSPS) is 11.3. The van der Waals surface area contributed by atoms with Crippen LogP contribution < -0.4 is 4.72 Å². The molecule has 0 fully saturated rings. The van der Waals surface area contributed by atoms with E-state index in [0.29, 0.717) is 10.3 Å². The van der Waals surface area contributed by atoms with E-state index >= 15 is 0 Å². The second-order valence-electron chi connectivity index (χ2n) is 3.62. The molecule has 1 N–H and O–H groups in total. The highest BCUT2D eigenvalue weighted by Crippen LogP contribution is 2.19. The molecular weight excluding hydrogens is 356 g/mol. The van der Waals surface area contributed by atoms with Crippen molar-refractivity contribution in [3.8, 4) is 0 Å². The number of sulfonamides is 1. The zero-order valence-corrected chi connectivity index (χ0v) is 12.8. The fraction of sp³-hybridized carbons (Fsp3) is 0.100. The van der Waals surface area contributed by atoms with Gasteiger partial charge in [0.05, 0.1) is 24.3 Å². The molecule has 2 aromatic heterocycles. The van der Waals surface area contributed by atoms with Crippen LogP contribution in [0.25, 0.3) is 0 Å². The van der Waals surface area contributed by atoms with Gasteiger partial charge < -0.3 is 0 Å². The lowest BCUT2D eigenvalue weighted by molar-refractivity contribution is 0.600. The van der Waals surface area contributed by atoms with Gasteiger partial charge in [0.2, 0.25) is 5.28 Å². The number of halogens is 2. The largest absolute Gasteiger partial charge is 0.278 e. The van der Waals surface area contributed by atoms with Crippen molar-refractivity contribution < 1.29 is 8.42 Å².